The zero-order valence-corrected chi connectivity index (χ0v) is 17.7. The number of benzene rings is 1. The van der Waals surface area contributed by atoms with Crippen LogP contribution in [0, 0.1) is 23.6 Å². The van der Waals surface area contributed by atoms with Crippen molar-refractivity contribution in [1.82, 2.24) is 4.90 Å². The van der Waals surface area contributed by atoms with Crippen molar-refractivity contribution in [2.24, 2.45) is 17.8 Å². The van der Waals surface area contributed by atoms with Crippen LogP contribution in [-0.2, 0) is 19.2 Å². The number of amides is 2. The smallest absolute Gasteiger partial charge is 0.233 e. The number of hydrogen-bond donors (Lipinski definition) is 1. The molecule has 0 saturated carbocycles. The molecule has 5 rings (SSSR count). The molecule has 1 N–H and O–H groups in total. The Bertz CT molecular complexity index is 1210. The van der Waals surface area contributed by atoms with Gasteiger partial charge in [0.25, 0.3) is 0 Å². The van der Waals surface area contributed by atoms with E-state index in [0.29, 0.717) is 28.7 Å². The summed E-state index contributed by atoms with van der Waals surface area (Å²) < 4.78 is 14.3. The first kappa shape index (κ1) is 20.5. The SMILES string of the molecule is CCN1C(=O)[C@H]2[C@H](CC=C3[C@H](c4ccc(O)c(F)c4)C4=C(C[C@H]32)C(=O)C(C)=CC4=O)C1=O. The van der Waals surface area contributed by atoms with Gasteiger partial charge in [-0.05, 0) is 56.4 Å². The van der Waals surface area contributed by atoms with E-state index in [0.717, 1.165) is 5.57 Å². The van der Waals surface area contributed by atoms with Crippen LogP contribution in [0.3, 0.4) is 0 Å². The maximum absolute atomic E-state index is 14.3. The number of allylic oxidation sites excluding steroid dienone is 6. The minimum atomic E-state index is -0.827. The molecule has 7 heteroatoms. The van der Waals surface area contributed by atoms with Gasteiger partial charge in [-0.15, -0.1) is 0 Å². The van der Waals surface area contributed by atoms with Gasteiger partial charge >= 0.3 is 0 Å². The normalized spacial score (nSPS) is 29.5. The van der Waals surface area contributed by atoms with Crippen molar-refractivity contribution in [1.29, 1.82) is 0 Å². The fourth-order valence-corrected chi connectivity index (χ4v) is 5.84. The van der Waals surface area contributed by atoms with Crippen LogP contribution < -0.4 is 0 Å². The Morgan fingerprint density at radius 2 is 1.88 bits per heavy atom. The third-order valence-electron chi connectivity index (χ3n) is 7.27. The molecular formula is C25H22FNO5. The molecule has 0 spiro atoms. The highest BCUT2D eigenvalue weighted by atomic mass is 19.1. The predicted octanol–water partition coefficient (Wildman–Crippen LogP) is 2.98. The third kappa shape index (κ3) is 2.70. The maximum Gasteiger partial charge on any atom is 0.233 e. The average Bonchev–Trinajstić information content (AvgIpc) is 3.02. The Morgan fingerprint density at radius 3 is 2.56 bits per heavy atom. The maximum atomic E-state index is 14.3. The summed E-state index contributed by atoms with van der Waals surface area (Å²) in [5.41, 5.74) is 2.17. The molecule has 0 bridgehead atoms. The lowest BCUT2D eigenvalue weighted by Gasteiger charge is -2.42. The zero-order valence-electron chi connectivity index (χ0n) is 17.7. The number of rotatable bonds is 2. The molecule has 4 aliphatic rings. The van der Waals surface area contributed by atoms with Gasteiger partial charge in [-0.25, -0.2) is 4.39 Å². The number of fused-ring (bicyclic) bond motifs is 3. The summed E-state index contributed by atoms with van der Waals surface area (Å²) in [4.78, 5) is 53.3. The molecule has 3 aliphatic carbocycles. The monoisotopic (exact) mass is 435 g/mol. The van der Waals surface area contributed by atoms with Crippen LogP contribution >= 0.6 is 0 Å². The molecule has 6 nitrogen and oxygen atoms in total. The summed E-state index contributed by atoms with van der Waals surface area (Å²) in [6, 6.07) is 3.93. The second-order valence-electron chi connectivity index (χ2n) is 8.86. The molecule has 2 amide bonds. The standard InChI is InChI=1S/C25H22FNO5/c1-3-27-24(31)14-6-5-13-15(21(14)25(27)32)10-16-22(19(29)8-11(2)23(16)30)20(13)12-4-7-18(28)17(26)9-12/h4-5,7-9,14-15,20-21,28H,3,6,10H2,1-2H3/t14-,15+,20-,21-/m0/s1. The van der Waals surface area contributed by atoms with Gasteiger partial charge in [0, 0.05) is 29.2 Å². The number of aromatic hydroxyl groups is 1. The van der Waals surface area contributed by atoms with Crippen molar-refractivity contribution in [3.05, 3.63) is 64.0 Å². The van der Waals surface area contributed by atoms with E-state index >= 15 is 0 Å². The van der Waals surface area contributed by atoms with Crippen LogP contribution in [-0.4, -0.2) is 39.9 Å². The van der Waals surface area contributed by atoms with Gasteiger partial charge in [0.2, 0.25) is 11.8 Å². The van der Waals surface area contributed by atoms with E-state index in [1.807, 2.05) is 6.08 Å². The van der Waals surface area contributed by atoms with E-state index in [9.17, 15) is 28.7 Å². The summed E-state index contributed by atoms with van der Waals surface area (Å²) in [5, 5.41) is 9.66. The van der Waals surface area contributed by atoms with Gasteiger partial charge in [-0.1, -0.05) is 17.7 Å². The van der Waals surface area contributed by atoms with E-state index in [4.69, 9.17) is 0 Å². The van der Waals surface area contributed by atoms with Gasteiger partial charge in [0.05, 0.1) is 11.8 Å². The summed E-state index contributed by atoms with van der Waals surface area (Å²) in [6.07, 6.45) is 3.75. The number of hydrogen-bond acceptors (Lipinski definition) is 5. The molecule has 0 radical (unpaired) electrons. The number of carbonyl (C=O) groups is 4. The average molecular weight is 435 g/mol. The van der Waals surface area contributed by atoms with Crippen LogP contribution in [0.1, 0.15) is 38.2 Å². The molecule has 1 heterocycles. The summed E-state index contributed by atoms with van der Waals surface area (Å²) in [7, 11) is 0. The fourth-order valence-electron chi connectivity index (χ4n) is 5.84. The first-order chi connectivity index (χ1) is 15.2. The van der Waals surface area contributed by atoms with E-state index in [1.165, 1.54) is 29.2 Å². The Hall–Kier alpha value is -3.35. The molecule has 32 heavy (non-hydrogen) atoms. The molecule has 164 valence electrons. The number of phenols is 1. The molecule has 1 aromatic carbocycles. The van der Waals surface area contributed by atoms with Crippen molar-refractivity contribution >= 4 is 23.4 Å². The molecule has 4 atom stereocenters. The lowest BCUT2D eigenvalue weighted by Crippen LogP contribution is -2.39. The van der Waals surface area contributed by atoms with Crippen LogP contribution in [0.25, 0.3) is 0 Å². The summed E-state index contributed by atoms with van der Waals surface area (Å²) in [5.74, 6) is -4.57. The van der Waals surface area contributed by atoms with E-state index in [1.54, 1.807) is 13.8 Å². The highest BCUT2D eigenvalue weighted by Gasteiger charge is 2.55. The molecule has 1 aromatic rings. The Labute approximate surface area is 184 Å². The number of phenolic OH excluding ortho intramolecular Hbond substituents is 1. The van der Waals surface area contributed by atoms with Crippen LogP contribution in [0.5, 0.6) is 5.75 Å². The van der Waals surface area contributed by atoms with Crippen LogP contribution in [0.2, 0.25) is 0 Å². The van der Waals surface area contributed by atoms with Crippen LogP contribution in [0.15, 0.2) is 52.6 Å². The zero-order chi connectivity index (χ0) is 22.9. The van der Waals surface area contributed by atoms with Crippen molar-refractivity contribution in [2.75, 3.05) is 6.54 Å². The largest absolute Gasteiger partial charge is 0.505 e. The highest BCUT2D eigenvalue weighted by molar-refractivity contribution is 6.23. The van der Waals surface area contributed by atoms with E-state index < -0.39 is 35.2 Å². The van der Waals surface area contributed by atoms with Gasteiger partial charge in [-0.2, -0.15) is 0 Å². The topological polar surface area (TPSA) is 91.8 Å². The minimum Gasteiger partial charge on any atom is -0.505 e. The Morgan fingerprint density at radius 1 is 1.12 bits per heavy atom. The lowest BCUT2D eigenvalue weighted by molar-refractivity contribution is -0.139. The predicted molar refractivity (Wildman–Crippen MR) is 112 cm³/mol. The van der Waals surface area contributed by atoms with Crippen molar-refractivity contribution < 1.29 is 28.7 Å². The molecular weight excluding hydrogens is 413 g/mol. The second kappa shape index (κ2) is 7.08. The van der Waals surface area contributed by atoms with Gasteiger partial charge in [-0.3, -0.25) is 24.1 Å². The molecule has 1 fully saturated rings. The number of Topliss-reactive ketones (excluding diaryl/α,β-unsaturated/α-hetero) is 1. The van der Waals surface area contributed by atoms with Gasteiger partial charge in [0.15, 0.2) is 23.1 Å². The number of ketones is 2. The number of imide groups is 1. The Kier molecular flexibility index (Phi) is 4.55. The molecule has 1 aliphatic heterocycles. The first-order valence-electron chi connectivity index (χ1n) is 10.8. The molecule has 0 unspecified atom stereocenters. The first-order valence-corrected chi connectivity index (χ1v) is 10.8. The van der Waals surface area contributed by atoms with Crippen molar-refractivity contribution in [3.8, 4) is 5.75 Å². The quantitative estimate of drug-likeness (QED) is 0.438. The number of likely N-dealkylation sites (tertiary alicyclic amines) is 1. The molecule has 0 aromatic heterocycles. The number of halogens is 1. The van der Waals surface area contributed by atoms with Crippen molar-refractivity contribution in [3.63, 3.8) is 0 Å². The lowest BCUT2D eigenvalue weighted by atomic mass is 9.59. The van der Waals surface area contributed by atoms with Crippen LogP contribution in [0.4, 0.5) is 4.39 Å². The molecule has 1 saturated heterocycles. The highest BCUT2D eigenvalue weighted by Crippen LogP contribution is 2.55. The number of carbonyl (C=O) groups excluding carboxylic acids is 4. The third-order valence-corrected chi connectivity index (χ3v) is 7.27. The summed E-state index contributed by atoms with van der Waals surface area (Å²) >= 11 is 0. The summed E-state index contributed by atoms with van der Waals surface area (Å²) in [6.45, 7) is 3.62. The van der Waals surface area contributed by atoms with Crippen molar-refractivity contribution in [2.45, 2.75) is 32.6 Å². The second-order valence-corrected chi connectivity index (χ2v) is 8.86. The van der Waals surface area contributed by atoms with E-state index in [2.05, 4.69) is 0 Å². The fraction of sp³-hybridized carbons (Fsp3) is 0.360. The van der Waals surface area contributed by atoms with E-state index in [-0.39, 0.29) is 36.3 Å². The Balaban J connectivity index is 1.71. The number of nitrogens with zero attached hydrogens (tertiary/aromatic N) is 1. The van der Waals surface area contributed by atoms with Gasteiger partial charge < -0.3 is 5.11 Å². The minimum absolute atomic E-state index is 0.200. The van der Waals surface area contributed by atoms with Gasteiger partial charge in [0.1, 0.15) is 0 Å².